The van der Waals surface area contributed by atoms with Gasteiger partial charge < -0.3 is 30.2 Å². The van der Waals surface area contributed by atoms with E-state index >= 15 is 0 Å². The van der Waals surface area contributed by atoms with E-state index in [2.05, 4.69) is 45.5 Å². The summed E-state index contributed by atoms with van der Waals surface area (Å²) < 4.78 is 31.7. The van der Waals surface area contributed by atoms with Gasteiger partial charge in [0.25, 0.3) is 11.5 Å². The van der Waals surface area contributed by atoms with Gasteiger partial charge in [0.05, 0.1) is 16.7 Å². The molecule has 234 valence electrons. The van der Waals surface area contributed by atoms with Gasteiger partial charge in [0.15, 0.2) is 0 Å². The van der Waals surface area contributed by atoms with Crippen LogP contribution in [0.3, 0.4) is 0 Å². The summed E-state index contributed by atoms with van der Waals surface area (Å²) in [6, 6.07) is 8.03. The van der Waals surface area contributed by atoms with Crippen LogP contribution in [0.1, 0.15) is 46.1 Å². The van der Waals surface area contributed by atoms with Crippen molar-refractivity contribution in [3.8, 4) is 11.4 Å². The van der Waals surface area contributed by atoms with Gasteiger partial charge in [-0.15, -0.1) is 11.3 Å². The Labute approximate surface area is 254 Å². The Bertz CT molecular complexity index is 1720. The number of imidazole rings is 1. The monoisotopic (exact) mass is 630 g/mol. The topological polar surface area (TPSA) is 134 Å². The van der Waals surface area contributed by atoms with E-state index < -0.39 is 12.1 Å². The molecule has 2 aliphatic rings. The lowest BCUT2D eigenvalue weighted by molar-refractivity contribution is -0.192. The molecule has 44 heavy (non-hydrogen) atoms. The molecule has 0 radical (unpaired) electrons. The molecule has 1 atom stereocenters. The maximum Gasteiger partial charge on any atom is 0.490 e. The molecule has 5 heterocycles. The molecule has 1 saturated heterocycles. The molecule has 0 aliphatic carbocycles. The normalized spacial score (nSPS) is 15.8. The first-order valence-corrected chi connectivity index (χ1v) is 15.1. The van der Waals surface area contributed by atoms with E-state index in [0.29, 0.717) is 29.0 Å². The maximum absolute atomic E-state index is 13.1. The SMILES string of the molecule is Cc1ccsc1C[C@H](C)Nc1cc[nH]c(=O)c1-c1nc2cc3c(cc2[nH]1)CN(CCN1CCCC1)C3=O.O=C(O)C(F)(F)F. The van der Waals surface area contributed by atoms with Crippen LogP contribution in [0.4, 0.5) is 18.9 Å². The molecule has 4 aromatic rings. The minimum Gasteiger partial charge on any atom is -0.475 e. The van der Waals surface area contributed by atoms with Crippen LogP contribution in [0.15, 0.2) is 40.6 Å². The van der Waals surface area contributed by atoms with Crippen LogP contribution < -0.4 is 10.9 Å². The van der Waals surface area contributed by atoms with Crippen molar-refractivity contribution in [3.05, 3.63) is 67.8 Å². The van der Waals surface area contributed by atoms with Crippen molar-refractivity contribution in [3.63, 3.8) is 0 Å². The van der Waals surface area contributed by atoms with Crippen LogP contribution in [0.25, 0.3) is 22.4 Å². The molecule has 1 aromatic carbocycles. The summed E-state index contributed by atoms with van der Waals surface area (Å²) in [5, 5.41) is 12.8. The fourth-order valence-electron chi connectivity index (χ4n) is 5.49. The zero-order valence-corrected chi connectivity index (χ0v) is 25.1. The number of halogens is 3. The number of likely N-dealkylation sites (tertiary alicyclic amines) is 1. The highest BCUT2D eigenvalue weighted by atomic mass is 32.1. The number of aromatic nitrogens is 3. The molecular formula is C30H33F3N6O4S. The number of hydrogen-bond acceptors (Lipinski definition) is 7. The average Bonchev–Trinajstić information content (AvgIpc) is 3.75. The number of amides is 1. The number of rotatable bonds is 8. The molecule has 0 spiro atoms. The fourth-order valence-corrected chi connectivity index (χ4v) is 6.52. The first-order valence-electron chi connectivity index (χ1n) is 14.3. The summed E-state index contributed by atoms with van der Waals surface area (Å²) in [4.78, 5) is 51.5. The molecule has 10 nitrogen and oxygen atoms in total. The number of pyridine rings is 1. The van der Waals surface area contributed by atoms with Gasteiger partial charge in [0.2, 0.25) is 0 Å². The summed E-state index contributed by atoms with van der Waals surface area (Å²) in [6.45, 7) is 8.80. The number of aliphatic carboxylic acids is 1. The number of benzene rings is 1. The van der Waals surface area contributed by atoms with Gasteiger partial charge in [-0.25, -0.2) is 9.78 Å². The number of nitrogens with zero attached hydrogens (tertiary/aromatic N) is 3. The van der Waals surface area contributed by atoms with Crippen LogP contribution in [0.5, 0.6) is 0 Å². The van der Waals surface area contributed by atoms with Gasteiger partial charge in [-0.3, -0.25) is 9.59 Å². The number of aromatic amines is 2. The molecule has 0 unspecified atom stereocenters. The van der Waals surface area contributed by atoms with Crippen molar-refractivity contribution in [1.29, 1.82) is 0 Å². The van der Waals surface area contributed by atoms with Crippen LogP contribution in [-0.2, 0) is 17.8 Å². The molecule has 14 heteroatoms. The molecule has 2 aliphatic heterocycles. The number of carboxylic acids is 1. The number of hydrogen-bond donors (Lipinski definition) is 4. The van der Waals surface area contributed by atoms with E-state index in [1.54, 1.807) is 17.5 Å². The van der Waals surface area contributed by atoms with Crippen molar-refractivity contribution < 1.29 is 27.9 Å². The van der Waals surface area contributed by atoms with Gasteiger partial charge in [-0.05, 0) is 80.6 Å². The molecule has 3 aromatic heterocycles. The Morgan fingerprint density at radius 3 is 2.57 bits per heavy atom. The van der Waals surface area contributed by atoms with Crippen LogP contribution >= 0.6 is 11.3 Å². The summed E-state index contributed by atoms with van der Waals surface area (Å²) in [7, 11) is 0. The van der Waals surface area contributed by atoms with Gasteiger partial charge in [0.1, 0.15) is 11.4 Å². The Morgan fingerprint density at radius 2 is 1.91 bits per heavy atom. The lowest BCUT2D eigenvalue weighted by Gasteiger charge is -2.20. The van der Waals surface area contributed by atoms with Gasteiger partial charge in [-0.2, -0.15) is 13.2 Å². The van der Waals surface area contributed by atoms with Crippen LogP contribution in [0, 0.1) is 6.92 Å². The van der Waals surface area contributed by atoms with E-state index in [1.165, 1.54) is 23.3 Å². The van der Waals surface area contributed by atoms with Crippen LogP contribution in [-0.4, -0.2) is 80.1 Å². The zero-order chi connectivity index (χ0) is 31.6. The summed E-state index contributed by atoms with van der Waals surface area (Å²) >= 11 is 1.76. The fraction of sp³-hybridized carbons (Fsp3) is 0.400. The van der Waals surface area contributed by atoms with Gasteiger partial charge >= 0.3 is 12.1 Å². The number of nitrogens with one attached hydrogen (secondary N) is 3. The number of thiophene rings is 1. The number of fused-ring (bicyclic) bond motifs is 2. The molecule has 0 bridgehead atoms. The third-order valence-corrected chi connectivity index (χ3v) is 8.82. The second-order valence-corrected chi connectivity index (χ2v) is 12.1. The third-order valence-electron chi connectivity index (χ3n) is 7.77. The molecular weight excluding hydrogens is 597 g/mol. The summed E-state index contributed by atoms with van der Waals surface area (Å²) in [6.07, 6.45) is -0.0496. The molecule has 1 amide bonds. The molecule has 6 rings (SSSR count). The first-order chi connectivity index (χ1) is 20.9. The Kier molecular flexibility index (Phi) is 9.11. The summed E-state index contributed by atoms with van der Waals surface area (Å²) in [5.74, 6) is -2.19. The number of H-pyrrole nitrogens is 2. The average molecular weight is 631 g/mol. The quantitative estimate of drug-likeness (QED) is 0.215. The molecule has 0 saturated carbocycles. The third kappa shape index (κ3) is 6.97. The smallest absolute Gasteiger partial charge is 0.475 e. The molecule has 4 N–H and O–H groups in total. The van der Waals surface area contributed by atoms with Gasteiger partial charge in [0, 0.05) is 48.7 Å². The minimum absolute atomic E-state index is 0.0678. The zero-order valence-electron chi connectivity index (χ0n) is 24.3. The Balaban J connectivity index is 0.000000493. The highest BCUT2D eigenvalue weighted by Crippen LogP contribution is 2.30. The van der Waals surface area contributed by atoms with E-state index in [4.69, 9.17) is 14.9 Å². The lowest BCUT2D eigenvalue weighted by atomic mass is 10.1. The number of carboxylic acid groups (broad SMARTS) is 1. The van der Waals surface area contributed by atoms with Crippen molar-refractivity contribution in [1.82, 2.24) is 24.8 Å². The number of anilines is 1. The highest BCUT2D eigenvalue weighted by molar-refractivity contribution is 7.10. The van der Waals surface area contributed by atoms with Crippen molar-refractivity contribution >= 4 is 39.9 Å². The number of aryl methyl sites for hydroxylation is 1. The standard InChI is InChI=1S/C28H32N6O2S.C2HF3O2/c1-17-6-12-37-24(17)13-18(2)30-21-5-7-29-27(35)25(21)26-31-22-14-19-16-34(11-10-33-8-3-4-9-33)28(36)20(19)15-23(22)32-26;3-2(4,5)1(6)7/h5-7,12,14-15,18H,3-4,8-11,13,16H2,1-2H3,(H,31,32)(H2,29,30,35);(H,6,7)/t18-;/m0./s1. The Morgan fingerprint density at radius 1 is 1.18 bits per heavy atom. The number of alkyl halides is 3. The van der Waals surface area contributed by atoms with Crippen LogP contribution in [0.2, 0.25) is 0 Å². The van der Waals surface area contributed by atoms with E-state index in [0.717, 1.165) is 49.4 Å². The maximum atomic E-state index is 13.1. The van der Waals surface area contributed by atoms with Gasteiger partial charge in [-0.1, -0.05) is 0 Å². The van der Waals surface area contributed by atoms with E-state index in [-0.39, 0.29) is 17.5 Å². The minimum atomic E-state index is -5.08. The van der Waals surface area contributed by atoms with Crippen molar-refractivity contribution in [2.75, 3.05) is 31.5 Å². The number of carbonyl (C=O) groups excluding carboxylic acids is 1. The largest absolute Gasteiger partial charge is 0.490 e. The molecule has 1 fully saturated rings. The highest BCUT2D eigenvalue weighted by Gasteiger charge is 2.38. The second kappa shape index (κ2) is 12.8. The van der Waals surface area contributed by atoms with E-state index in [9.17, 15) is 22.8 Å². The van der Waals surface area contributed by atoms with Crippen molar-refractivity contribution in [2.45, 2.75) is 51.9 Å². The predicted molar refractivity (Wildman–Crippen MR) is 162 cm³/mol. The Hall–Kier alpha value is -4.17. The van der Waals surface area contributed by atoms with E-state index in [1.807, 2.05) is 23.1 Å². The van der Waals surface area contributed by atoms with Crippen molar-refractivity contribution in [2.24, 2.45) is 0 Å². The lowest BCUT2D eigenvalue weighted by Crippen LogP contribution is -2.33. The predicted octanol–water partition coefficient (Wildman–Crippen LogP) is 5.02. The number of carbonyl (C=O) groups is 2. The summed E-state index contributed by atoms with van der Waals surface area (Å²) in [5.41, 5.74) is 5.55. The first kappa shape index (κ1) is 31.3. The second-order valence-electron chi connectivity index (χ2n) is 11.1.